The van der Waals surface area contributed by atoms with E-state index in [1.54, 1.807) is 11.3 Å². The Bertz CT molecular complexity index is 985. The zero-order valence-corrected chi connectivity index (χ0v) is 12.1. The van der Waals surface area contributed by atoms with Crippen LogP contribution >= 0.6 is 11.3 Å². The predicted octanol–water partition coefficient (Wildman–Crippen LogP) is 4.20. The van der Waals surface area contributed by atoms with Crippen molar-refractivity contribution in [1.29, 1.82) is 0 Å². The molecule has 0 fully saturated rings. The number of thiophene rings is 1. The lowest BCUT2D eigenvalue weighted by atomic mass is 10.1. The zero-order valence-electron chi connectivity index (χ0n) is 11.3. The number of hydrogen-bond acceptors (Lipinski definition) is 4. The first kappa shape index (κ1) is 11.6. The molecule has 0 spiro atoms. The lowest BCUT2D eigenvalue weighted by Crippen LogP contribution is -1.92. The van der Waals surface area contributed by atoms with E-state index < -0.39 is 0 Å². The summed E-state index contributed by atoms with van der Waals surface area (Å²) in [5.41, 5.74) is 9.35. The van der Waals surface area contributed by atoms with Crippen molar-refractivity contribution in [3.63, 3.8) is 0 Å². The fourth-order valence-corrected chi connectivity index (χ4v) is 4.07. The Morgan fingerprint density at radius 2 is 1.80 bits per heavy atom. The minimum Gasteiger partial charge on any atom is -0.383 e. The highest BCUT2D eigenvalue weighted by molar-refractivity contribution is 7.26. The Hall–Kier alpha value is -2.20. The first-order chi connectivity index (χ1) is 9.65. The molecule has 3 heterocycles. The van der Waals surface area contributed by atoms with Gasteiger partial charge in [-0.25, -0.2) is 9.97 Å². The largest absolute Gasteiger partial charge is 0.383 e. The summed E-state index contributed by atoms with van der Waals surface area (Å²) >= 11 is 1.70. The maximum absolute atomic E-state index is 6.13. The highest BCUT2D eigenvalue weighted by Gasteiger charge is 2.14. The van der Waals surface area contributed by atoms with Gasteiger partial charge in [0.2, 0.25) is 0 Å². The van der Waals surface area contributed by atoms with E-state index in [0.29, 0.717) is 5.82 Å². The van der Waals surface area contributed by atoms with Crippen molar-refractivity contribution in [2.24, 2.45) is 0 Å². The van der Waals surface area contributed by atoms with Gasteiger partial charge in [-0.3, -0.25) is 0 Å². The third kappa shape index (κ3) is 1.45. The van der Waals surface area contributed by atoms with E-state index >= 15 is 0 Å². The maximum Gasteiger partial charge on any atom is 0.132 e. The van der Waals surface area contributed by atoms with E-state index in [2.05, 4.69) is 29.0 Å². The summed E-state index contributed by atoms with van der Waals surface area (Å²) < 4.78 is 1.17. The summed E-state index contributed by atoms with van der Waals surface area (Å²) in [6.45, 7) is 4.13. The van der Waals surface area contributed by atoms with Crippen LogP contribution in [0, 0.1) is 13.8 Å². The minimum atomic E-state index is 0.591. The summed E-state index contributed by atoms with van der Waals surface area (Å²) in [5.74, 6) is 0.591. The van der Waals surface area contributed by atoms with E-state index in [9.17, 15) is 0 Å². The molecule has 0 saturated carbocycles. The number of aryl methyl sites for hydroxylation is 2. The van der Waals surface area contributed by atoms with Gasteiger partial charge in [0.15, 0.2) is 0 Å². The number of pyridine rings is 2. The third-order valence-electron chi connectivity index (χ3n) is 3.64. The summed E-state index contributed by atoms with van der Waals surface area (Å²) in [6, 6.07) is 10.3. The molecule has 0 unspecified atom stereocenters. The second-order valence-electron chi connectivity index (χ2n) is 5.08. The fraction of sp³-hybridized carbons (Fsp3) is 0.125. The highest BCUT2D eigenvalue weighted by atomic mass is 32.1. The molecule has 0 aliphatic carbocycles. The number of benzene rings is 1. The molecule has 0 saturated heterocycles. The molecule has 20 heavy (non-hydrogen) atoms. The van der Waals surface area contributed by atoms with Crippen molar-refractivity contribution >= 4 is 48.4 Å². The smallest absolute Gasteiger partial charge is 0.132 e. The van der Waals surface area contributed by atoms with E-state index in [4.69, 9.17) is 5.73 Å². The van der Waals surface area contributed by atoms with Gasteiger partial charge in [-0.2, -0.15) is 0 Å². The third-order valence-corrected chi connectivity index (χ3v) is 4.75. The van der Waals surface area contributed by atoms with Gasteiger partial charge >= 0.3 is 0 Å². The number of nitrogens with two attached hydrogens (primary N) is 1. The molecule has 4 aromatic rings. The van der Waals surface area contributed by atoms with Crippen molar-refractivity contribution in [2.75, 3.05) is 5.73 Å². The van der Waals surface area contributed by atoms with E-state index in [1.165, 1.54) is 10.3 Å². The molecular formula is C16H13N3S. The Balaban J connectivity index is 2.34. The topological polar surface area (TPSA) is 51.8 Å². The van der Waals surface area contributed by atoms with Crippen LogP contribution < -0.4 is 5.73 Å². The van der Waals surface area contributed by atoms with Crippen LogP contribution in [0.3, 0.4) is 0 Å². The van der Waals surface area contributed by atoms with Gasteiger partial charge in [-0.15, -0.1) is 11.3 Å². The first-order valence-electron chi connectivity index (χ1n) is 6.50. The van der Waals surface area contributed by atoms with Crippen molar-refractivity contribution in [3.05, 3.63) is 41.6 Å². The summed E-state index contributed by atoms with van der Waals surface area (Å²) in [4.78, 5) is 10.3. The van der Waals surface area contributed by atoms with Gasteiger partial charge in [0.1, 0.15) is 10.6 Å². The van der Waals surface area contributed by atoms with Gasteiger partial charge < -0.3 is 5.73 Å². The number of anilines is 1. The molecule has 0 aliphatic heterocycles. The number of nitrogen functional groups attached to an aromatic ring is 1. The normalized spacial score (nSPS) is 11.7. The van der Waals surface area contributed by atoms with Gasteiger partial charge in [0.05, 0.1) is 10.2 Å². The van der Waals surface area contributed by atoms with Crippen LogP contribution in [0.1, 0.15) is 11.3 Å². The second-order valence-corrected chi connectivity index (χ2v) is 6.08. The average Bonchev–Trinajstić information content (AvgIpc) is 2.77. The first-order valence-corrected chi connectivity index (χ1v) is 7.31. The van der Waals surface area contributed by atoms with Crippen LogP contribution in [-0.2, 0) is 0 Å². The number of rotatable bonds is 0. The van der Waals surface area contributed by atoms with Crippen LogP contribution in [0.2, 0.25) is 0 Å². The van der Waals surface area contributed by atoms with Gasteiger partial charge in [0.25, 0.3) is 0 Å². The molecule has 3 aromatic heterocycles. The summed E-state index contributed by atoms with van der Waals surface area (Å²) in [6.07, 6.45) is 0. The van der Waals surface area contributed by atoms with Crippen LogP contribution in [-0.4, -0.2) is 9.97 Å². The molecule has 2 N–H and O–H groups in total. The monoisotopic (exact) mass is 279 g/mol. The van der Waals surface area contributed by atoms with E-state index in [0.717, 1.165) is 32.2 Å². The quantitative estimate of drug-likeness (QED) is 0.525. The van der Waals surface area contributed by atoms with Crippen LogP contribution in [0.5, 0.6) is 0 Å². The lowest BCUT2D eigenvalue weighted by Gasteiger charge is -2.03. The molecule has 0 radical (unpaired) electrons. The summed E-state index contributed by atoms with van der Waals surface area (Å²) in [5, 5.41) is 3.31. The SMILES string of the molecule is Cc1cc(C)c2c(n1)sc1c3ccccc3c(N)nc12. The molecule has 3 nitrogen and oxygen atoms in total. The van der Waals surface area contributed by atoms with Crippen LogP contribution in [0.25, 0.3) is 31.2 Å². The molecule has 0 amide bonds. The van der Waals surface area contributed by atoms with Crippen molar-refractivity contribution in [2.45, 2.75) is 13.8 Å². The fourth-order valence-electron chi connectivity index (χ4n) is 2.80. The van der Waals surface area contributed by atoms with Gasteiger partial charge in [-0.05, 0) is 25.5 Å². The van der Waals surface area contributed by atoms with Crippen molar-refractivity contribution in [3.8, 4) is 0 Å². The molecule has 0 aliphatic rings. The Labute approximate surface area is 120 Å². The predicted molar refractivity (Wildman–Crippen MR) is 86.3 cm³/mol. The molecule has 4 heteroatoms. The Kier molecular flexibility index (Phi) is 2.26. The number of aromatic nitrogens is 2. The number of fused-ring (bicyclic) bond motifs is 5. The van der Waals surface area contributed by atoms with E-state index in [-0.39, 0.29) is 0 Å². The molecular weight excluding hydrogens is 266 g/mol. The molecule has 4 rings (SSSR count). The average molecular weight is 279 g/mol. The molecule has 1 aromatic carbocycles. The number of hydrogen-bond donors (Lipinski definition) is 1. The summed E-state index contributed by atoms with van der Waals surface area (Å²) in [7, 11) is 0. The standard InChI is InChI=1S/C16H13N3S/c1-8-7-9(2)18-16-12(8)13-14(20-16)10-5-3-4-6-11(10)15(17)19-13/h3-7H,1-2H3,(H2,17,19). The Morgan fingerprint density at radius 3 is 2.60 bits per heavy atom. The molecule has 98 valence electrons. The lowest BCUT2D eigenvalue weighted by molar-refractivity contribution is 1.25. The van der Waals surface area contributed by atoms with Crippen LogP contribution in [0.4, 0.5) is 5.82 Å². The second kappa shape index (κ2) is 3.90. The number of nitrogens with zero attached hydrogens (tertiary/aromatic N) is 2. The zero-order chi connectivity index (χ0) is 13.9. The minimum absolute atomic E-state index is 0.591. The van der Waals surface area contributed by atoms with Crippen molar-refractivity contribution in [1.82, 2.24) is 9.97 Å². The Morgan fingerprint density at radius 1 is 1.05 bits per heavy atom. The van der Waals surface area contributed by atoms with Gasteiger partial charge in [0, 0.05) is 21.9 Å². The highest BCUT2D eigenvalue weighted by Crippen LogP contribution is 2.39. The van der Waals surface area contributed by atoms with E-state index in [1.807, 2.05) is 25.1 Å². The van der Waals surface area contributed by atoms with Crippen molar-refractivity contribution < 1.29 is 0 Å². The van der Waals surface area contributed by atoms with Gasteiger partial charge in [-0.1, -0.05) is 24.3 Å². The molecule has 0 atom stereocenters. The van der Waals surface area contributed by atoms with Crippen LogP contribution in [0.15, 0.2) is 30.3 Å². The molecule has 0 bridgehead atoms. The maximum atomic E-state index is 6.13.